The molecule has 0 spiro atoms. The highest BCUT2D eigenvalue weighted by Gasteiger charge is 2.18. The van der Waals surface area contributed by atoms with Gasteiger partial charge in [-0.3, -0.25) is 4.98 Å². The van der Waals surface area contributed by atoms with Gasteiger partial charge < -0.3 is 5.32 Å². The van der Waals surface area contributed by atoms with Crippen molar-refractivity contribution in [3.05, 3.63) is 64.7 Å². The van der Waals surface area contributed by atoms with Crippen LogP contribution in [0.5, 0.6) is 0 Å². The molecule has 3 heteroatoms. The molecule has 2 nitrogen and oxygen atoms in total. The standard InChI is InChI=1S/C16H19FN2/c1-4-19-16(13-7-8-18-10-12(13)3)14-9-11(2)5-6-15(14)17/h5-10,16,19H,4H2,1-3H3. The van der Waals surface area contributed by atoms with Gasteiger partial charge in [0, 0.05) is 18.0 Å². The van der Waals surface area contributed by atoms with Crippen molar-refractivity contribution in [3.8, 4) is 0 Å². The summed E-state index contributed by atoms with van der Waals surface area (Å²) in [6.07, 6.45) is 3.56. The first-order valence-electron chi connectivity index (χ1n) is 6.53. The summed E-state index contributed by atoms with van der Waals surface area (Å²) in [5, 5.41) is 3.36. The van der Waals surface area contributed by atoms with E-state index in [0.29, 0.717) is 5.56 Å². The molecule has 0 amide bonds. The largest absolute Gasteiger partial charge is 0.306 e. The van der Waals surface area contributed by atoms with E-state index >= 15 is 0 Å². The van der Waals surface area contributed by atoms with E-state index in [1.807, 2.05) is 39.1 Å². The van der Waals surface area contributed by atoms with Gasteiger partial charge >= 0.3 is 0 Å². The Kier molecular flexibility index (Phi) is 4.27. The summed E-state index contributed by atoms with van der Waals surface area (Å²) in [5.74, 6) is -0.173. The third-order valence-electron chi connectivity index (χ3n) is 3.25. The zero-order valence-corrected chi connectivity index (χ0v) is 11.6. The van der Waals surface area contributed by atoms with Crippen LogP contribution in [0.1, 0.15) is 35.2 Å². The van der Waals surface area contributed by atoms with E-state index in [0.717, 1.165) is 23.2 Å². The molecule has 0 aliphatic carbocycles. The van der Waals surface area contributed by atoms with Crippen LogP contribution in [0.2, 0.25) is 0 Å². The Balaban J connectivity index is 2.51. The number of halogens is 1. The third-order valence-corrected chi connectivity index (χ3v) is 3.25. The number of nitrogens with one attached hydrogen (secondary N) is 1. The van der Waals surface area contributed by atoms with Gasteiger partial charge in [0.15, 0.2) is 0 Å². The normalized spacial score (nSPS) is 12.4. The number of rotatable bonds is 4. The molecule has 1 heterocycles. The summed E-state index contributed by atoms with van der Waals surface area (Å²) < 4.78 is 14.1. The van der Waals surface area contributed by atoms with Crippen molar-refractivity contribution in [2.75, 3.05) is 6.54 Å². The van der Waals surface area contributed by atoms with Crippen LogP contribution in [0.4, 0.5) is 4.39 Å². The van der Waals surface area contributed by atoms with Crippen molar-refractivity contribution in [1.29, 1.82) is 0 Å². The first-order valence-corrected chi connectivity index (χ1v) is 6.53. The van der Waals surface area contributed by atoms with Crippen molar-refractivity contribution in [1.82, 2.24) is 10.3 Å². The molecule has 0 bridgehead atoms. The Morgan fingerprint density at radius 3 is 2.68 bits per heavy atom. The molecule has 1 unspecified atom stereocenters. The smallest absolute Gasteiger partial charge is 0.128 e. The second-order valence-corrected chi connectivity index (χ2v) is 4.75. The fourth-order valence-corrected chi connectivity index (χ4v) is 2.28. The van der Waals surface area contributed by atoms with Gasteiger partial charge in [-0.2, -0.15) is 0 Å². The zero-order valence-electron chi connectivity index (χ0n) is 11.6. The molecule has 100 valence electrons. The van der Waals surface area contributed by atoms with Gasteiger partial charge in [0.25, 0.3) is 0 Å². The quantitative estimate of drug-likeness (QED) is 0.907. The minimum atomic E-state index is -0.173. The maximum absolute atomic E-state index is 14.1. The maximum atomic E-state index is 14.1. The Labute approximate surface area is 113 Å². The molecule has 1 aromatic heterocycles. The molecular weight excluding hydrogens is 239 g/mol. The number of benzene rings is 1. The van der Waals surface area contributed by atoms with E-state index in [1.54, 1.807) is 12.3 Å². The van der Waals surface area contributed by atoms with Crippen LogP contribution >= 0.6 is 0 Å². The van der Waals surface area contributed by atoms with Crippen molar-refractivity contribution in [3.63, 3.8) is 0 Å². The maximum Gasteiger partial charge on any atom is 0.128 e. The molecule has 2 rings (SSSR count). The van der Waals surface area contributed by atoms with Gasteiger partial charge in [-0.05, 0) is 43.7 Å². The van der Waals surface area contributed by atoms with Gasteiger partial charge in [-0.25, -0.2) is 4.39 Å². The summed E-state index contributed by atoms with van der Waals surface area (Å²) in [4.78, 5) is 4.10. The van der Waals surface area contributed by atoms with E-state index in [9.17, 15) is 4.39 Å². The second-order valence-electron chi connectivity index (χ2n) is 4.75. The predicted octanol–water partition coefficient (Wildman–Crippen LogP) is 3.54. The van der Waals surface area contributed by atoms with Crippen LogP contribution in [-0.2, 0) is 0 Å². The second kappa shape index (κ2) is 5.93. The highest BCUT2D eigenvalue weighted by atomic mass is 19.1. The molecule has 0 aliphatic rings. The number of aromatic nitrogens is 1. The molecule has 1 aromatic carbocycles. The van der Waals surface area contributed by atoms with E-state index in [4.69, 9.17) is 0 Å². The minimum Gasteiger partial charge on any atom is -0.306 e. The SMILES string of the molecule is CCNC(c1ccncc1C)c1cc(C)ccc1F. The Morgan fingerprint density at radius 2 is 2.00 bits per heavy atom. The van der Waals surface area contributed by atoms with Crippen LogP contribution in [0.25, 0.3) is 0 Å². The van der Waals surface area contributed by atoms with Gasteiger partial charge in [-0.1, -0.05) is 24.6 Å². The fourth-order valence-electron chi connectivity index (χ4n) is 2.28. The van der Waals surface area contributed by atoms with Gasteiger partial charge in [-0.15, -0.1) is 0 Å². The van der Waals surface area contributed by atoms with Crippen LogP contribution < -0.4 is 5.32 Å². The summed E-state index contributed by atoms with van der Waals surface area (Å²) in [5.41, 5.74) is 3.89. The predicted molar refractivity (Wildman–Crippen MR) is 75.6 cm³/mol. The third kappa shape index (κ3) is 2.99. The molecule has 0 saturated heterocycles. The molecule has 0 radical (unpaired) electrons. The van der Waals surface area contributed by atoms with Crippen molar-refractivity contribution in [2.24, 2.45) is 0 Å². The summed E-state index contributed by atoms with van der Waals surface area (Å²) in [7, 11) is 0. The first kappa shape index (κ1) is 13.7. The number of pyridine rings is 1. The first-order chi connectivity index (χ1) is 9.13. The number of aryl methyl sites for hydroxylation is 2. The van der Waals surface area contributed by atoms with Crippen LogP contribution in [0.15, 0.2) is 36.7 Å². The molecule has 0 fully saturated rings. The van der Waals surface area contributed by atoms with Gasteiger partial charge in [0.1, 0.15) is 5.82 Å². The number of nitrogens with zero attached hydrogens (tertiary/aromatic N) is 1. The highest BCUT2D eigenvalue weighted by molar-refractivity contribution is 5.37. The Bertz CT molecular complexity index is 566. The molecule has 19 heavy (non-hydrogen) atoms. The van der Waals surface area contributed by atoms with E-state index in [2.05, 4.69) is 10.3 Å². The average Bonchev–Trinajstić information content (AvgIpc) is 2.40. The minimum absolute atomic E-state index is 0.132. The van der Waals surface area contributed by atoms with Crippen molar-refractivity contribution in [2.45, 2.75) is 26.8 Å². The summed E-state index contributed by atoms with van der Waals surface area (Å²) in [6.45, 7) is 6.78. The lowest BCUT2D eigenvalue weighted by molar-refractivity contribution is 0.557. The topological polar surface area (TPSA) is 24.9 Å². The monoisotopic (exact) mass is 258 g/mol. The van der Waals surface area contributed by atoms with Crippen molar-refractivity contribution >= 4 is 0 Å². The van der Waals surface area contributed by atoms with Crippen LogP contribution in [0.3, 0.4) is 0 Å². The molecule has 2 aromatic rings. The fraction of sp³-hybridized carbons (Fsp3) is 0.312. The van der Waals surface area contributed by atoms with Crippen LogP contribution in [-0.4, -0.2) is 11.5 Å². The Morgan fingerprint density at radius 1 is 1.21 bits per heavy atom. The van der Waals surface area contributed by atoms with Gasteiger partial charge in [0.2, 0.25) is 0 Å². The van der Waals surface area contributed by atoms with Crippen molar-refractivity contribution < 1.29 is 4.39 Å². The van der Waals surface area contributed by atoms with Crippen LogP contribution in [0, 0.1) is 19.7 Å². The van der Waals surface area contributed by atoms with E-state index < -0.39 is 0 Å². The lowest BCUT2D eigenvalue weighted by Gasteiger charge is -2.21. The highest BCUT2D eigenvalue weighted by Crippen LogP contribution is 2.27. The molecule has 0 saturated carbocycles. The molecule has 0 aliphatic heterocycles. The summed E-state index contributed by atoms with van der Waals surface area (Å²) in [6, 6.07) is 7.05. The molecule has 1 N–H and O–H groups in total. The lowest BCUT2D eigenvalue weighted by Crippen LogP contribution is -2.24. The number of hydrogen-bond donors (Lipinski definition) is 1. The molecule has 1 atom stereocenters. The van der Waals surface area contributed by atoms with E-state index in [-0.39, 0.29) is 11.9 Å². The van der Waals surface area contributed by atoms with Gasteiger partial charge in [0.05, 0.1) is 6.04 Å². The Hall–Kier alpha value is -1.74. The lowest BCUT2D eigenvalue weighted by atomic mass is 9.95. The molecular formula is C16H19FN2. The zero-order chi connectivity index (χ0) is 13.8. The van der Waals surface area contributed by atoms with E-state index in [1.165, 1.54) is 6.07 Å². The summed E-state index contributed by atoms with van der Waals surface area (Å²) >= 11 is 0. The average molecular weight is 258 g/mol. The number of hydrogen-bond acceptors (Lipinski definition) is 2.